The summed E-state index contributed by atoms with van der Waals surface area (Å²) in [5, 5.41) is 13.1. The average molecular weight is 709 g/mol. The summed E-state index contributed by atoms with van der Waals surface area (Å²) in [7, 11) is 0. The Kier molecular flexibility index (Phi) is 10.7. The zero-order valence-corrected chi connectivity index (χ0v) is 28.4. The lowest BCUT2D eigenvalue weighted by Gasteiger charge is -2.37. The predicted molar refractivity (Wildman–Crippen MR) is 181 cm³/mol. The van der Waals surface area contributed by atoms with Crippen LogP contribution in [0.4, 0.5) is 5.69 Å². The minimum absolute atomic E-state index is 0.0925. The largest absolute Gasteiger partial charge is 0.463 e. The number of benzene rings is 2. The van der Waals surface area contributed by atoms with Gasteiger partial charge in [0.05, 0.1) is 30.6 Å². The Bertz CT molecular complexity index is 1510. The molecule has 2 N–H and O–H groups in total. The molecule has 10 nitrogen and oxygen atoms in total. The van der Waals surface area contributed by atoms with E-state index in [0.29, 0.717) is 12.8 Å². The predicted octanol–water partition coefficient (Wildman–Crippen LogP) is 3.93. The molecule has 3 saturated heterocycles. The van der Waals surface area contributed by atoms with Crippen LogP contribution < -0.4 is 10.2 Å². The number of carbonyl (C=O) groups excluding carboxylic acids is 4. The van der Waals surface area contributed by atoms with Crippen LogP contribution in [0.5, 0.6) is 0 Å². The minimum atomic E-state index is -1.31. The van der Waals surface area contributed by atoms with Gasteiger partial charge in [-0.15, -0.1) is 13.2 Å². The second-order valence-corrected chi connectivity index (χ2v) is 13.6. The van der Waals surface area contributed by atoms with Gasteiger partial charge in [0.2, 0.25) is 11.8 Å². The van der Waals surface area contributed by atoms with Gasteiger partial charge in [-0.25, -0.2) is 0 Å². The fourth-order valence-corrected chi connectivity index (χ4v) is 8.44. The van der Waals surface area contributed by atoms with Crippen molar-refractivity contribution in [2.45, 2.75) is 61.7 Å². The quantitative estimate of drug-likeness (QED) is 0.173. The second-order valence-electron chi connectivity index (χ2n) is 12.4. The number of allylic oxidation sites excluding steroid dienone is 1. The summed E-state index contributed by atoms with van der Waals surface area (Å²) in [5.41, 5.74) is 1.92. The molecule has 3 fully saturated rings. The Hall–Kier alpha value is -3.80. The van der Waals surface area contributed by atoms with Crippen LogP contribution in [0.3, 0.4) is 0 Å². The van der Waals surface area contributed by atoms with Crippen molar-refractivity contribution >= 4 is 45.3 Å². The Labute approximate surface area is 283 Å². The first-order chi connectivity index (χ1) is 22.6. The van der Waals surface area contributed by atoms with Crippen molar-refractivity contribution in [3.8, 4) is 0 Å². The number of aliphatic hydroxyl groups excluding tert-OH is 1. The molecule has 2 bridgehead atoms. The van der Waals surface area contributed by atoms with E-state index in [9.17, 15) is 24.3 Å². The van der Waals surface area contributed by atoms with Crippen LogP contribution in [-0.2, 0) is 28.7 Å². The Morgan fingerprint density at radius 2 is 1.85 bits per heavy atom. The highest BCUT2D eigenvalue weighted by molar-refractivity contribution is 9.09. The van der Waals surface area contributed by atoms with E-state index in [4.69, 9.17) is 9.47 Å². The number of hydrogen-bond donors (Lipinski definition) is 2. The average Bonchev–Trinajstić information content (AvgIpc) is 3.65. The molecule has 3 aliphatic heterocycles. The van der Waals surface area contributed by atoms with Crippen molar-refractivity contribution < 1.29 is 33.8 Å². The number of hydrogen-bond acceptors (Lipinski definition) is 7. The molecule has 1 spiro atoms. The number of halogens is 1. The first-order valence-electron chi connectivity index (χ1n) is 15.9. The van der Waals surface area contributed by atoms with Crippen LogP contribution >= 0.6 is 15.9 Å². The van der Waals surface area contributed by atoms with Crippen LogP contribution in [0.25, 0.3) is 0 Å². The number of carbonyl (C=O) groups is 4. The fraction of sp³-hybridized carbons (Fsp3) is 0.444. The van der Waals surface area contributed by atoms with Crippen LogP contribution in [0.1, 0.15) is 42.0 Å². The number of β-amino-alcohol motifs (C(OH)–C–C–N with tert-alkyl or cyclic N) is 1. The molecule has 0 aromatic heterocycles. The number of nitrogens with zero attached hydrogens (tertiary/aromatic N) is 2. The summed E-state index contributed by atoms with van der Waals surface area (Å²) in [4.78, 5) is 58.3. The summed E-state index contributed by atoms with van der Waals surface area (Å²) >= 11 is 3.71. The van der Waals surface area contributed by atoms with Crippen LogP contribution in [-0.4, -0.2) is 82.6 Å². The molecule has 3 aliphatic rings. The summed E-state index contributed by atoms with van der Waals surface area (Å²) in [5.74, 6) is -3.52. The normalized spacial score (nSPS) is 26.4. The van der Waals surface area contributed by atoms with Gasteiger partial charge in [0.1, 0.15) is 18.2 Å². The number of amides is 3. The van der Waals surface area contributed by atoms with E-state index in [1.165, 1.54) is 4.90 Å². The molecule has 47 heavy (non-hydrogen) atoms. The van der Waals surface area contributed by atoms with Gasteiger partial charge in [-0.1, -0.05) is 76.6 Å². The van der Waals surface area contributed by atoms with Gasteiger partial charge in [-0.2, -0.15) is 0 Å². The topological polar surface area (TPSA) is 125 Å². The summed E-state index contributed by atoms with van der Waals surface area (Å²) in [6.45, 7) is 11.0. The van der Waals surface area contributed by atoms with Crippen LogP contribution in [0.2, 0.25) is 0 Å². The van der Waals surface area contributed by atoms with E-state index in [1.54, 1.807) is 17.1 Å². The SMILES string of the molecule is C=CCCC(=O)OC[C@H](NC(=O)[C@@H]1[C@H]2O[C@@]3(CC2Br)[C@H](C(=O)N(CC=C)c2c(C)cccc2C)N(CCO)C(=O)[C@@H]13)c1ccccc1. The third kappa shape index (κ3) is 6.40. The molecular weight excluding hydrogens is 666 g/mol. The minimum Gasteiger partial charge on any atom is -0.463 e. The van der Waals surface area contributed by atoms with Gasteiger partial charge in [-0.05, 0) is 43.4 Å². The Balaban J connectivity index is 1.48. The lowest BCUT2D eigenvalue weighted by Crippen LogP contribution is -2.57. The number of aryl methyl sites for hydroxylation is 2. The Morgan fingerprint density at radius 3 is 2.49 bits per heavy atom. The lowest BCUT2D eigenvalue weighted by molar-refractivity contribution is -0.146. The number of rotatable bonds is 14. The molecule has 250 valence electrons. The number of para-hydroxylation sites is 1. The standard InChI is InChI=1S/C36H42BrN3O7/c1-5-7-16-27(42)46-21-26(24-14-9-8-10-15-24)38-33(43)28-29-34(44)40(18-19-41)32(36(29)20-25(37)31(28)47-36)35(45)39(17-6-2)30-22(3)12-11-13-23(30)4/h5-6,8-15,25-26,28-29,31-32,41H,1-2,7,16-21H2,3-4H3,(H,38,43)/t25?,26-,28-,29+,31-,32-,36+/m0/s1. The molecule has 0 radical (unpaired) electrons. The van der Waals surface area contributed by atoms with Gasteiger partial charge >= 0.3 is 5.97 Å². The van der Waals surface area contributed by atoms with Crippen LogP contribution in [0.15, 0.2) is 73.8 Å². The van der Waals surface area contributed by atoms with Crippen molar-refractivity contribution in [1.82, 2.24) is 10.2 Å². The smallest absolute Gasteiger partial charge is 0.306 e. The summed E-state index contributed by atoms with van der Waals surface area (Å²) in [6, 6.07) is 13.2. The number of alkyl halides is 1. The van der Waals surface area contributed by atoms with Crippen molar-refractivity contribution in [2.24, 2.45) is 11.8 Å². The molecule has 3 amide bonds. The molecule has 5 rings (SSSR count). The van der Waals surface area contributed by atoms with Gasteiger partial charge < -0.3 is 29.7 Å². The molecule has 0 saturated carbocycles. The van der Waals surface area contributed by atoms with E-state index < -0.39 is 53.4 Å². The van der Waals surface area contributed by atoms with Gasteiger partial charge in [0, 0.05) is 30.0 Å². The van der Waals surface area contributed by atoms with Gasteiger partial charge in [0.15, 0.2) is 0 Å². The van der Waals surface area contributed by atoms with E-state index in [1.807, 2.05) is 62.4 Å². The number of aliphatic hydroxyl groups is 1. The van der Waals surface area contributed by atoms with E-state index in [2.05, 4.69) is 34.4 Å². The van der Waals surface area contributed by atoms with Crippen molar-refractivity contribution in [2.75, 3.05) is 31.2 Å². The maximum Gasteiger partial charge on any atom is 0.306 e. The lowest BCUT2D eigenvalue weighted by atomic mass is 9.70. The zero-order valence-electron chi connectivity index (χ0n) is 26.8. The van der Waals surface area contributed by atoms with Crippen molar-refractivity contribution in [1.29, 1.82) is 0 Å². The maximum atomic E-state index is 14.7. The molecule has 1 unspecified atom stereocenters. The fourth-order valence-electron chi connectivity index (χ4n) is 7.50. The third-order valence-corrected chi connectivity index (χ3v) is 10.3. The molecule has 0 aliphatic carbocycles. The molecule has 3 heterocycles. The molecular formula is C36H42BrN3O7. The molecule has 2 aromatic rings. The third-order valence-electron chi connectivity index (χ3n) is 9.44. The second kappa shape index (κ2) is 14.5. The zero-order chi connectivity index (χ0) is 33.9. The highest BCUT2D eigenvalue weighted by Crippen LogP contribution is 2.60. The van der Waals surface area contributed by atoms with Crippen molar-refractivity contribution in [3.05, 3.63) is 90.5 Å². The molecule has 2 aromatic carbocycles. The summed E-state index contributed by atoms with van der Waals surface area (Å²) in [6.07, 6.45) is 3.55. The number of nitrogens with one attached hydrogen (secondary N) is 1. The molecule has 7 atom stereocenters. The first kappa shape index (κ1) is 34.5. The Morgan fingerprint density at radius 1 is 1.15 bits per heavy atom. The maximum absolute atomic E-state index is 14.7. The summed E-state index contributed by atoms with van der Waals surface area (Å²) < 4.78 is 12.2. The highest BCUT2D eigenvalue weighted by atomic mass is 79.9. The number of anilines is 1. The number of fused-ring (bicyclic) bond motifs is 1. The number of ether oxygens (including phenoxy) is 2. The number of likely N-dealkylation sites (tertiary alicyclic amines) is 1. The van der Waals surface area contributed by atoms with Crippen molar-refractivity contribution in [3.63, 3.8) is 0 Å². The van der Waals surface area contributed by atoms with Crippen LogP contribution in [0, 0.1) is 25.7 Å². The number of esters is 1. The molecule has 11 heteroatoms. The van der Waals surface area contributed by atoms with Gasteiger partial charge in [-0.3, -0.25) is 19.2 Å². The monoisotopic (exact) mass is 707 g/mol. The van der Waals surface area contributed by atoms with Gasteiger partial charge in [0.25, 0.3) is 5.91 Å². The van der Waals surface area contributed by atoms with E-state index >= 15 is 0 Å². The first-order valence-corrected chi connectivity index (χ1v) is 16.8. The van der Waals surface area contributed by atoms with E-state index in [-0.39, 0.29) is 43.5 Å². The van der Waals surface area contributed by atoms with E-state index in [0.717, 1.165) is 22.4 Å². The highest BCUT2D eigenvalue weighted by Gasteiger charge is 2.76.